The number of amides is 1. The van der Waals surface area contributed by atoms with Gasteiger partial charge in [0.25, 0.3) is 5.89 Å². The molecule has 1 aromatic heterocycles. The highest BCUT2D eigenvalue weighted by atomic mass is 79.9. The molecule has 1 unspecified atom stereocenters. The zero-order valence-corrected chi connectivity index (χ0v) is 16.9. The maximum Gasteiger partial charge on any atom is 0.257 e. The number of carbonyl (C=O) groups is 1. The van der Waals surface area contributed by atoms with Gasteiger partial charge in [0.2, 0.25) is 5.91 Å². The number of rotatable bonds is 6. The summed E-state index contributed by atoms with van der Waals surface area (Å²) < 4.78 is 6.33. The number of carbonyl (C=O) groups excluding carboxylic acids is 1. The van der Waals surface area contributed by atoms with Crippen molar-refractivity contribution >= 4 is 21.8 Å². The van der Waals surface area contributed by atoms with Crippen LogP contribution in [0.15, 0.2) is 63.6 Å². The van der Waals surface area contributed by atoms with Gasteiger partial charge in [0.15, 0.2) is 5.82 Å². The summed E-state index contributed by atoms with van der Waals surface area (Å²) >= 11 is 3.49. The van der Waals surface area contributed by atoms with Crippen LogP contribution in [0.4, 0.5) is 0 Å². The van der Waals surface area contributed by atoms with Crippen molar-refractivity contribution in [3.8, 4) is 11.5 Å². The molecule has 1 saturated heterocycles. The summed E-state index contributed by atoms with van der Waals surface area (Å²) in [5.74, 6) is 1.25. The fraction of sp³-hybridized carbons (Fsp3) is 0.286. The van der Waals surface area contributed by atoms with Crippen LogP contribution in [0.3, 0.4) is 0 Å². The standard InChI is InChI=1S/C21H21BrN4O2/c22-18-9-5-4-8-16(18)12-20(27)23-17-10-11-26(13-17)14-19-24-21(28-25-19)15-6-2-1-3-7-15/h1-9,17H,10-14H2,(H,23,27). The first-order chi connectivity index (χ1) is 13.7. The molecule has 0 spiro atoms. The lowest BCUT2D eigenvalue weighted by atomic mass is 10.1. The van der Waals surface area contributed by atoms with Crippen molar-refractivity contribution in [1.82, 2.24) is 20.4 Å². The second-order valence-corrected chi connectivity index (χ2v) is 7.79. The minimum atomic E-state index is 0.0460. The van der Waals surface area contributed by atoms with Crippen molar-refractivity contribution in [3.63, 3.8) is 0 Å². The SMILES string of the molecule is O=C(Cc1ccccc1Br)NC1CCN(Cc2noc(-c3ccccc3)n2)C1. The Labute approximate surface area is 172 Å². The Morgan fingerprint density at radius 3 is 2.79 bits per heavy atom. The molecule has 1 aliphatic rings. The highest BCUT2D eigenvalue weighted by molar-refractivity contribution is 9.10. The van der Waals surface area contributed by atoms with Gasteiger partial charge in [-0.3, -0.25) is 9.69 Å². The number of nitrogens with zero attached hydrogens (tertiary/aromatic N) is 3. The van der Waals surface area contributed by atoms with Crippen LogP contribution in [0, 0.1) is 0 Å². The van der Waals surface area contributed by atoms with Crippen LogP contribution in [-0.4, -0.2) is 40.1 Å². The Morgan fingerprint density at radius 1 is 1.18 bits per heavy atom. The molecule has 6 nitrogen and oxygen atoms in total. The van der Waals surface area contributed by atoms with Gasteiger partial charge in [0.1, 0.15) is 0 Å². The molecule has 3 aromatic rings. The number of benzene rings is 2. The van der Waals surface area contributed by atoms with Crippen LogP contribution in [-0.2, 0) is 17.8 Å². The van der Waals surface area contributed by atoms with Gasteiger partial charge in [-0.25, -0.2) is 0 Å². The Kier molecular flexibility index (Phi) is 5.83. The zero-order chi connectivity index (χ0) is 19.3. The normalized spacial score (nSPS) is 17.0. The molecular formula is C21H21BrN4O2. The Bertz CT molecular complexity index is 944. The molecule has 0 bridgehead atoms. The number of hydrogen-bond donors (Lipinski definition) is 1. The number of likely N-dealkylation sites (tertiary alicyclic amines) is 1. The summed E-state index contributed by atoms with van der Waals surface area (Å²) in [4.78, 5) is 19.1. The molecule has 1 N–H and O–H groups in total. The lowest BCUT2D eigenvalue weighted by molar-refractivity contribution is -0.121. The molecule has 0 radical (unpaired) electrons. The van der Waals surface area contributed by atoms with Crippen LogP contribution in [0.2, 0.25) is 0 Å². The lowest BCUT2D eigenvalue weighted by Gasteiger charge is -2.15. The van der Waals surface area contributed by atoms with E-state index in [-0.39, 0.29) is 11.9 Å². The Balaban J connectivity index is 1.28. The van der Waals surface area contributed by atoms with Crippen molar-refractivity contribution < 1.29 is 9.32 Å². The van der Waals surface area contributed by atoms with Crippen molar-refractivity contribution in [2.45, 2.75) is 25.4 Å². The first kappa shape index (κ1) is 18.8. The summed E-state index contributed by atoms with van der Waals surface area (Å²) in [5.41, 5.74) is 1.91. The molecule has 7 heteroatoms. The summed E-state index contributed by atoms with van der Waals surface area (Å²) in [5, 5.41) is 7.22. The van der Waals surface area contributed by atoms with Crippen molar-refractivity contribution in [1.29, 1.82) is 0 Å². The van der Waals surface area contributed by atoms with E-state index in [1.165, 1.54) is 0 Å². The van der Waals surface area contributed by atoms with E-state index in [1.807, 2.05) is 54.6 Å². The Hall–Kier alpha value is -2.51. The average Bonchev–Trinajstić information content (AvgIpc) is 3.34. The van der Waals surface area contributed by atoms with Crippen LogP contribution in [0.1, 0.15) is 17.8 Å². The number of halogens is 1. The van der Waals surface area contributed by atoms with E-state index < -0.39 is 0 Å². The second-order valence-electron chi connectivity index (χ2n) is 6.94. The molecule has 0 saturated carbocycles. The molecule has 2 heterocycles. The second kappa shape index (κ2) is 8.67. The van der Waals surface area contributed by atoms with Crippen LogP contribution >= 0.6 is 15.9 Å². The van der Waals surface area contributed by atoms with Gasteiger partial charge < -0.3 is 9.84 Å². The maximum absolute atomic E-state index is 12.4. The first-order valence-corrected chi connectivity index (χ1v) is 10.1. The molecule has 1 fully saturated rings. The number of aromatic nitrogens is 2. The van der Waals surface area contributed by atoms with Crippen molar-refractivity contribution in [2.75, 3.05) is 13.1 Å². The van der Waals surface area contributed by atoms with Gasteiger partial charge in [-0.15, -0.1) is 0 Å². The number of nitrogens with one attached hydrogen (secondary N) is 1. The third-order valence-electron chi connectivity index (χ3n) is 4.80. The summed E-state index contributed by atoms with van der Waals surface area (Å²) in [6, 6.07) is 17.7. The van der Waals surface area contributed by atoms with Gasteiger partial charge in [0, 0.05) is 29.2 Å². The smallest absolute Gasteiger partial charge is 0.257 e. The molecule has 1 atom stereocenters. The molecule has 4 rings (SSSR count). The fourth-order valence-electron chi connectivity index (χ4n) is 3.40. The summed E-state index contributed by atoms with van der Waals surface area (Å²) in [6.07, 6.45) is 1.30. The zero-order valence-electron chi connectivity index (χ0n) is 15.3. The van der Waals surface area contributed by atoms with Crippen molar-refractivity contribution in [2.24, 2.45) is 0 Å². The van der Waals surface area contributed by atoms with E-state index in [2.05, 4.69) is 36.3 Å². The molecule has 144 valence electrons. The molecule has 0 aliphatic carbocycles. The predicted octanol–water partition coefficient (Wildman–Crippen LogP) is 3.43. The van der Waals surface area contributed by atoms with Gasteiger partial charge >= 0.3 is 0 Å². The first-order valence-electron chi connectivity index (χ1n) is 9.30. The molecule has 1 aliphatic heterocycles. The van der Waals surface area contributed by atoms with Gasteiger partial charge in [-0.1, -0.05) is 57.5 Å². The van der Waals surface area contributed by atoms with E-state index in [0.29, 0.717) is 24.7 Å². The summed E-state index contributed by atoms with van der Waals surface area (Å²) in [7, 11) is 0. The van der Waals surface area contributed by atoms with E-state index in [1.54, 1.807) is 0 Å². The maximum atomic E-state index is 12.4. The highest BCUT2D eigenvalue weighted by Gasteiger charge is 2.25. The van der Waals surface area contributed by atoms with E-state index >= 15 is 0 Å². The van der Waals surface area contributed by atoms with Crippen LogP contribution in [0.5, 0.6) is 0 Å². The predicted molar refractivity (Wildman–Crippen MR) is 109 cm³/mol. The summed E-state index contributed by atoms with van der Waals surface area (Å²) in [6.45, 7) is 2.30. The van der Waals surface area contributed by atoms with Gasteiger partial charge in [0.05, 0.1) is 13.0 Å². The third-order valence-corrected chi connectivity index (χ3v) is 5.57. The van der Waals surface area contributed by atoms with Crippen LogP contribution in [0.25, 0.3) is 11.5 Å². The van der Waals surface area contributed by atoms with Crippen LogP contribution < -0.4 is 5.32 Å². The van der Waals surface area contributed by atoms with E-state index in [9.17, 15) is 4.79 Å². The van der Waals surface area contributed by atoms with E-state index in [4.69, 9.17) is 4.52 Å². The highest BCUT2D eigenvalue weighted by Crippen LogP contribution is 2.19. The molecular weight excluding hydrogens is 420 g/mol. The largest absolute Gasteiger partial charge is 0.352 e. The Morgan fingerprint density at radius 2 is 1.96 bits per heavy atom. The molecule has 28 heavy (non-hydrogen) atoms. The monoisotopic (exact) mass is 440 g/mol. The van der Waals surface area contributed by atoms with Gasteiger partial charge in [-0.05, 0) is 30.2 Å². The van der Waals surface area contributed by atoms with E-state index in [0.717, 1.165) is 35.1 Å². The molecule has 2 aromatic carbocycles. The topological polar surface area (TPSA) is 71.3 Å². The fourth-order valence-corrected chi connectivity index (χ4v) is 3.83. The third kappa shape index (κ3) is 4.66. The minimum Gasteiger partial charge on any atom is -0.352 e. The minimum absolute atomic E-state index is 0.0460. The van der Waals surface area contributed by atoms with Gasteiger partial charge in [-0.2, -0.15) is 4.98 Å². The number of hydrogen-bond acceptors (Lipinski definition) is 5. The average molecular weight is 441 g/mol. The van der Waals surface area contributed by atoms with Crippen molar-refractivity contribution in [3.05, 3.63) is 70.5 Å². The molecule has 1 amide bonds. The quantitative estimate of drug-likeness (QED) is 0.635. The lowest BCUT2D eigenvalue weighted by Crippen LogP contribution is -2.37.